The SMILES string of the molecule is CC(C)(C)OC(=O)N1CCC(Nc2cccc(-c3cnc4cc(Cl)cnn34)n2)C1. The van der Waals surface area contributed by atoms with Crippen molar-refractivity contribution < 1.29 is 9.53 Å². The lowest BCUT2D eigenvalue weighted by molar-refractivity contribution is 0.0293. The molecule has 8 nitrogen and oxygen atoms in total. The summed E-state index contributed by atoms with van der Waals surface area (Å²) >= 11 is 5.99. The number of anilines is 1. The molecule has 0 aliphatic carbocycles. The molecule has 0 saturated carbocycles. The molecule has 29 heavy (non-hydrogen) atoms. The zero-order valence-electron chi connectivity index (χ0n) is 16.6. The van der Waals surface area contributed by atoms with Gasteiger partial charge < -0.3 is 15.0 Å². The van der Waals surface area contributed by atoms with Gasteiger partial charge in [-0.3, -0.25) is 0 Å². The van der Waals surface area contributed by atoms with Gasteiger partial charge in [0.15, 0.2) is 5.65 Å². The number of aromatic nitrogens is 4. The molecule has 0 radical (unpaired) electrons. The summed E-state index contributed by atoms with van der Waals surface area (Å²) in [6.07, 6.45) is 3.86. The van der Waals surface area contributed by atoms with Crippen LogP contribution >= 0.6 is 11.6 Å². The molecule has 4 heterocycles. The Bertz CT molecular complexity index is 1040. The zero-order valence-corrected chi connectivity index (χ0v) is 17.3. The van der Waals surface area contributed by atoms with Crippen LogP contribution in [0.1, 0.15) is 27.2 Å². The summed E-state index contributed by atoms with van der Waals surface area (Å²) in [7, 11) is 0. The average molecular weight is 415 g/mol. The van der Waals surface area contributed by atoms with Crippen LogP contribution in [0.2, 0.25) is 5.02 Å². The second-order valence-corrected chi connectivity index (χ2v) is 8.49. The van der Waals surface area contributed by atoms with Crippen LogP contribution < -0.4 is 5.32 Å². The molecule has 3 aromatic heterocycles. The van der Waals surface area contributed by atoms with Gasteiger partial charge in [-0.25, -0.2) is 19.3 Å². The molecule has 1 amide bonds. The Hall–Kier alpha value is -2.87. The van der Waals surface area contributed by atoms with Crippen molar-refractivity contribution in [1.29, 1.82) is 0 Å². The average Bonchev–Trinajstić information content (AvgIpc) is 3.27. The highest BCUT2D eigenvalue weighted by Gasteiger charge is 2.29. The van der Waals surface area contributed by atoms with Crippen molar-refractivity contribution >= 4 is 29.2 Å². The minimum absolute atomic E-state index is 0.115. The van der Waals surface area contributed by atoms with E-state index in [1.165, 1.54) is 0 Å². The molecular formula is C20H23ClN6O2. The third-order valence-electron chi connectivity index (χ3n) is 4.53. The molecular weight excluding hydrogens is 392 g/mol. The summed E-state index contributed by atoms with van der Waals surface area (Å²) in [6.45, 7) is 6.85. The van der Waals surface area contributed by atoms with Crippen LogP contribution in [0.3, 0.4) is 0 Å². The number of likely N-dealkylation sites (tertiary alicyclic amines) is 1. The number of nitrogens with zero attached hydrogens (tertiary/aromatic N) is 5. The molecule has 0 aromatic carbocycles. The molecule has 0 spiro atoms. The zero-order chi connectivity index (χ0) is 20.6. The van der Waals surface area contributed by atoms with Gasteiger partial charge in [-0.1, -0.05) is 17.7 Å². The number of amides is 1. The molecule has 0 bridgehead atoms. The van der Waals surface area contributed by atoms with Gasteiger partial charge in [-0.2, -0.15) is 5.10 Å². The number of ether oxygens (including phenoxy) is 1. The summed E-state index contributed by atoms with van der Waals surface area (Å²) in [5.41, 5.74) is 1.70. The maximum absolute atomic E-state index is 12.3. The third kappa shape index (κ3) is 4.42. The van der Waals surface area contributed by atoms with E-state index in [-0.39, 0.29) is 12.1 Å². The lowest BCUT2D eigenvalue weighted by Crippen LogP contribution is -2.36. The summed E-state index contributed by atoms with van der Waals surface area (Å²) < 4.78 is 7.16. The molecule has 4 rings (SSSR count). The molecule has 1 saturated heterocycles. The Labute approximate surface area is 173 Å². The second-order valence-electron chi connectivity index (χ2n) is 8.05. The molecule has 1 atom stereocenters. The minimum atomic E-state index is -0.495. The highest BCUT2D eigenvalue weighted by Crippen LogP contribution is 2.23. The van der Waals surface area contributed by atoms with Crippen LogP contribution in [0.25, 0.3) is 17.0 Å². The van der Waals surface area contributed by atoms with E-state index >= 15 is 0 Å². The standard InChI is InChI=1S/C20H23ClN6O2/c1-20(2,3)29-19(28)26-8-7-14(12-26)24-17-6-4-5-15(25-17)16-11-22-18-9-13(21)10-23-27(16)18/h4-6,9-11,14H,7-8,12H2,1-3H3,(H,24,25). The van der Waals surface area contributed by atoms with Gasteiger partial charge in [0, 0.05) is 25.2 Å². The van der Waals surface area contributed by atoms with Crippen molar-refractivity contribution in [2.24, 2.45) is 0 Å². The van der Waals surface area contributed by atoms with E-state index in [1.807, 2.05) is 39.0 Å². The Morgan fingerprint density at radius 1 is 1.31 bits per heavy atom. The number of nitrogens with one attached hydrogen (secondary N) is 1. The van der Waals surface area contributed by atoms with E-state index in [2.05, 4.69) is 15.4 Å². The Morgan fingerprint density at radius 2 is 2.14 bits per heavy atom. The van der Waals surface area contributed by atoms with Crippen LogP contribution in [0, 0.1) is 0 Å². The van der Waals surface area contributed by atoms with E-state index in [0.717, 1.165) is 23.6 Å². The fraction of sp³-hybridized carbons (Fsp3) is 0.400. The molecule has 9 heteroatoms. The van der Waals surface area contributed by atoms with E-state index in [1.54, 1.807) is 27.9 Å². The summed E-state index contributed by atoms with van der Waals surface area (Å²) in [4.78, 5) is 23.0. The number of pyridine rings is 1. The molecule has 1 aliphatic heterocycles. The summed E-state index contributed by atoms with van der Waals surface area (Å²) in [6, 6.07) is 7.62. The monoisotopic (exact) mass is 414 g/mol. The molecule has 152 valence electrons. The summed E-state index contributed by atoms with van der Waals surface area (Å²) in [5, 5.41) is 8.26. The van der Waals surface area contributed by atoms with Gasteiger partial charge in [0.1, 0.15) is 17.1 Å². The smallest absolute Gasteiger partial charge is 0.410 e. The highest BCUT2D eigenvalue weighted by molar-refractivity contribution is 6.30. The first-order valence-corrected chi connectivity index (χ1v) is 9.87. The quantitative estimate of drug-likeness (QED) is 0.700. The predicted molar refractivity (Wildman–Crippen MR) is 111 cm³/mol. The van der Waals surface area contributed by atoms with Crippen LogP contribution in [0.5, 0.6) is 0 Å². The van der Waals surface area contributed by atoms with Crippen molar-refractivity contribution in [1.82, 2.24) is 24.5 Å². The van der Waals surface area contributed by atoms with Crippen LogP contribution in [-0.4, -0.2) is 55.3 Å². The van der Waals surface area contributed by atoms with Crippen molar-refractivity contribution in [3.05, 3.63) is 41.7 Å². The van der Waals surface area contributed by atoms with E-state index in [0.29, 0.717) is 23.8 Å². The first kappa shape index (κ1) is 19.4. The van der Waals surface area contributed by atoms with Gasteiger partial charge in [0.2, 0.25) is 0 Å². The normalized spacial score (nSPS) is 17.0. The highest BCUT2D eigenvalue weighted by atomic mass is 35.5. The maximum atomic E-state index is 12.3. The number of rotatable bonds is 3. The van der Waals surface area contributed by atoms with Crippen molar-refractivity contribution in [2.45, 2.75) is 38.8 Å². The van der Waals surface area contributed by atoms with E-state index < -0.39 is 5.60 Å². The number of halogens is 1. The van der Waals surface area contributed by atoms with Crippen molar-refractivity contribution in [2.75, 3.05) is 18.4 Å². The summed E-state index contributed by atoms with van der Waals surface area (Å²) in [5.74, 6) is 0.738. The maximum Gasteiger partial charge on any atom is 0.410 e. The minimum Gasteiger partial charge on any atom is -0.444 e. The topological polar surface area (TPSA) is 84.6 Å². The number of hydrogen-bond donors (Lipinski definition) is 1. The second kappa shape index (κ2) is 7.51. The van der Waals surface area contributed by atoms with Gasteiger partial charge in [-0.15, -0.1) is 0 Å². The number of carbonyl (C=O) groups excluding carboxylic acids is 1. The molecule has 3 aromatic rings. The number of imidazole rings is 1. The number of fused-ring (bicyclic) bond motifs is 1. The number of carbonyl (C=O) groups is 1. The van der Waals surface area contributed by atoms with Crippen molar-refractivity contribution in [3.8, 4) is 11.4 Å². The van der Waals surface area contributed by atoms with Gasteiger partial charge >= 0.3 is 6.09 Å². The number of hydrogen-bond acceptors (Lipinski definition) is 6. The van der Waals surface area contributed by atoms with Crippen LogP contribution in [0.4, 0.5) is 10.6 Å². The van der Waals surface area contributed by atoms with E-state index in [4.69, 9.17) is 21.3 Å². The van der Waals surface area contributed by atoms with Gasteiger partial charge in [-0.05, 0) is 39.3 Å². The van der Waals surface area contributed by atoms with Crippen LogP contribution in [-0.2, 0) is 4.74 Å². The van der Waals surface area contributed by atoms with Gasteiger partial charge in [0.05, 0.1) is 23.1 Å². The van der Waals surface area contributed by atoms with Crippen molar-refractivity contribution in [3.63, 3.8) is 0 Å². The first-order chi connectivity index (χ1) is 13.8. The van der Waals surface area contributed by atoms with Crippen LogP contribution in [0.15, 0.2) is 36.7 Å². The fourth-order valence-corrected chi connectivity index (χ4v) is 3.41. The molecule has 1 N–H and O–H groups in total. The lowest BCUT2D eigenvalue weighted by Gasteiger charge is -2.24. The molecule has 1 unspecified atom stereocenters. The Kier molecular flexibility index (Phi) is 5.04. The van der Waals surface area contributed by atoms with Gasteiger partial charge in [0.25, 0.3) is 0 Å². The largest absolute Gasteiger partial charge is 0.444 e. The predicted octanol–water partition coefficient (Wildman–Crippen LogP) is 3.87. The van der Waals surface area contributed by atoms with E-state index in [9.17, 15) is 4.79 Å². The molecule has 1 aliphatic rings. The first-order valence-electron chi connectivity index (χ1n) is 9.50. The Balaban J connectivity index is 1.46. The third-order valence-corrected chi connectivity index (χ3v) is 4.74. The fourth-order valence-electron chi connectivity index (χ4n) is 3.27. The Morgan fingerprint density at radius 3 is 2.93 bits per heavy atom. The molecule has 1 fully saturated rings. The lowest BCUT2D eigenvalue weighted by atomic mass is 10.2.